The van der Waals surface area contributed by atoms with Crippen LogP contribution in [0.4, 0.5) is 35.9 Å². The van der Waals surface area contributed by atoms with Crippen molar-refractivity contribution >= 4 is 28.7 Å². The number of amides is 1. The van der Waals surface area contributed by atoms with E-state index in [1.165, 1.54) is 0 Å². The molecule has 29 heavy (non-hydrogen) atoms. The summed E-state index contributed by atoms with van der Waals surface area (Å²) in [4.78, 5) is 13.2. The summed E-state index contributed by atoms with van der Waals surface area (Å²) >= 11 is 0. The van der Waals surface area contributed by atoms with E-state index >= 15 is 0 Å². The van der Waals surface area contributed by atoms with E-state index in [1.54, 1.807) is 12.1 Å². The van der Waals surface area contributed by atoms with Gasteiger partial charge in [0.05, 0.1) is 5.69 Å². The van der Waals surface area contributed by atoms with Gasteiger partial charge in [0.2, 0.25) is 0 Å². The van der Waals surface area contributed by atoms with Crippen molar-refractivity contribution in [1.82, 2.24) is 0 Å². The van der Waals surface area contributed by atoms with Crippen LogP contribution in [0.3, 0.4) is 0 Å². The number of halogens is 3. The molecule has 0 radical (unpaired) electrons. The zero-order valence-electron chi connectivity index (χ0n) is 15.4. The molecule has 0 aromatic heterocycles. The summed E-state index contributed by atoms with van der Waals surface area (Å²) in [6.07, 6.45) is -5.29. The van der Waals surface area contributed by atoms with Crippen molar-refractivity contribution in [2.45, 2.75) is 24.6 Å². The minimum absolute atomic E-state index is 0.0234. The quantitative estimate of drug-likeness (QED) is 0.724. The molecule has 2 aromatic carbocycles. The van der Waals surface area contributed by atoms with Crippen molar-refractivity contribution in [3.8, 4) is 5.75 Å². The molecule has 154 valence electrons. The molecule has 2 aliphatic rings. The van der Waals surface area contributed by atoms with E-state index in [4.69, 9.17) is 4.74 Å². The second kappa shape index (κ2) is 7.14. The Kier molecular flexibility index (Phi) is 4.77. The van der Waals surface area contributed by atoms with Crippen molar-refractivity contribution in [2.75, 3.05) is 35.2 Å². The lowest BCUT2D eigenvalue weighted by Gasteiger charge is -2.40. The Morgan fingerprint density at radius 3 is 2.38 bits per heavy atom. The molecule has 2 heterocycles. The highest BCUT2D eigenvalue weighted by Gasteiger charge is 2.54. The van der Waals surface area contributed by atoms with Crippen LogP contribution in [0.2, 0.25) is 0 Å². The van der Waals surface area contributed by atoms with Gasteiger partial charge in [-0.05, 0) is 36.4 Å². The Balaban J connectivity index is 1.40. The molecule has 3 N–H and O–H groups in total. The number of alkyl halides is 3. The Labute approximate surface area is 165 Å². The molecular formula is C20H20F3N3O3. The van der Waals surface area contributed by atoms with Crippen molar-refractivity contribution < 1.29 is 27.8 Å². The molecular weight excluding hydrogens is 387 g/mol. The third-order valence-corrected chi connectivity index (χ3v) is 5.25. The third-order valence-electron chi connectivity index (χ3n) is 5.25. The molecule has 9 heteroatoms. The average Bonchev–Trinajstić information content (AvgIpc) is 2.69. The number of ether oxygens (including phenoxy) is 1. The van der Waals surface area contributed by atoms with Gasteiger partial charge < -0.3 is 25.4 Å². The maximum atomic E-state index is 12.9. The summed E-state index contributed by atoms with van der Waals surface area (Å²) in [5, 5.41) is 15.7. The van der Waals surface area contributed by atoms with E-state index in [0.717, 1.165) is 17.1 Å². The maximum absolute atomic E-state index is 12.9. The third kappa shape index (κ3) is 3.95. The van der Waals surface area contributed by atoms with Crippen LogP contribution in [-0.4, -0.2) is 42.5 Å². The molecule has 2 aromatic rings. The highest BCUT2D eigenvalue weighted by atomic mass is 19.4. The van der Waals surface area contributed by atoms with Crippen LogP contribution in [-0.2, 0) is 4.79 Å². The largest absolute Gasteiger partial charge is 0.482 e. The average molecular weight is 407 g/mol. The SMILES string of the molecule is O=C1COc2cc(Nc3ccc(N4CCC(O)(C(F)(F)F)CC4)cc3)ccc2N1. The highest BCUT2D eigenvalue weighted by molar-refractivity contribution is 5.95. The number of aliphatic hydroxyl groups is 1. The lowest BCUT2D eigenvalue weighted by atomic mass is 9.90. The summed E-state index contributed by atoms with van der Waals surface area (Å²) in [5.74, 6) is 0.386. The van der Waals surface area contributed by atoms with Gasteiger partial charge >= 0.3 is 6.18 Å². The molecule has 1 saturated heterocycles. The topological polar surface area (TPSA) is 73.8 Å². The van der Waals surface area contributed by atoms with Gasteiger partial charge in [-0.15, -0.1) is 0 Å². The van der Waals surface area contributed by atoms with E-state index in [-0.39, 0.29) is 38.4 Å². The minimum atomic E-state index is -4.60. The van der Waals surface area contributed by atoms with Gasteiger partial charge in [-0.1, -0.05) is 0 Å². The van der Waals surface area contributed by atoms with Gasteiger partial charge in [-0.3, -0.25) is 4.79 Å². The van der Waals surface area contributed by atoms with Crippen LogP contribution in [0, 0.1) is 0 Å². The molecule has 6 nitrogen and oxygen atoms in total. The second-order valence-electron chi connectivity index (χ2n) is 7.24. The zero-order chi connectivity index (χ0) is 20.6. The lowest BCUT2D eigenvalue weighted by Crippen LogP contribution is -2.53. The number of fused-ring (bicyclic) bond motifs is 1. The fraction of sp³-hybridized carbons (Fsp3) is 0.350. The van der Waals surface area contributed by atoms with Crippen LogP contribution < -0.4 is 20.3 Å². The summed E-state index contributed by atoms with van der Waals surface area (Å²) in [7, 11) is 0. The molecule has 2 aliphatic heterocycles. The molecule has 0 aliphatic carbocycles. The Hall–Kier alpha value is -2.94. The standard InChI is InChI=1S/C20H20F3N3O3/c21-20(22,23)19(28)7-9-26(10-8-19)15-4-1-13(2-5-15)24-14-3-6-16-17(11-14)29-12-18(27)25-16/h1-6,11,24,28H,7-10,12H2,(H,25,27). The molecule has 1 amide bonds. The van der Waals surface area contributed by atoms with Gasteiger partial charge in [-0.2, -0.15) is 13.2 Å². The van der Waals surface area contributed by atoms with Crippen molar-refractivity contribution in [2.24, 2.45) is 0 Å². The monoisotopic (exact) mass is 407 g/mol. The Morgan fingerprint density at radius 1 is 1.07 bits per heavy atom. The van der Waals surface area contributed by atoms with Crippen LogP contribution in [0.25, 0.3) is 0 Å². The number of carbonyl (C=O) groups is 1. The number of benzene rings is 2. The van der Waals surface area contributed by atoms with Gasteiger partial charge in [0.1, 0.15) is 5.75 Å². The smallest absolute Gasteiger partial charge is 0.417 e. The predicted molar refractivity (Wildman–Crippen MR) is 103 cm³/mol. The normalized spacial score (nSPS) is 18.5. The fourth-order valence-corrected chi connectivity index (χ4v) is 3.49. The number of nitrogens with one attached hydrogen (secondary N) is 2. The van der Waals surface area contributed by atoms with E-state index in [1.807, 2.05) is 35.2 Å². The van der Waals surface area contributed by atoms with Crippen LogP contribution in [0.15, 0.2) is 42.5 Å². The van der Waals surface area contributed by atoms with E-state index in [0.29, 0.717) is 11.4 Å². The fourth-order valence-electron chi connectivity index (χ4n) is 3.49. The molecule has 1 fully saturated rings. The number of nitrogens with zero attached hydrogens (tertiary/aromatic N) is 1. The van der Waals surface area contributed by atoms with E-state index in [9.17, 15) is 23.1 Å². The highest BCUT2D eigenvalue weighted by Crippen LogP contribution is 2.39. The number of hydrogen-bond donors (Lipinski definition) is 3. The molecule has 0 saturated carbocycles. The zero-order valence-corrected chi connectivity index (χ0v) is 15.4. The van der Waals surface area contributed by atoms with Gasteiger partial charge in [0.15, 0.2) is 12.2 Å². The molecule has 0 atom stereocenters. The molecule has 4 rings (SSSR count). The van der Waals surface area contributed by atoms with E-state index in [2.05, 4.69) is 10.6 Å². The number of carbonyl (C=O) groups excluding carboxylic acids is 1. The molecule has 0 bridgehead atoms. The first-order chi connectivity index (χ1) is 13.7. The summed E-state index contributed by atoms with van der Waals surface area (Å²) in [5.41, 5.74) is 0.402. The number of rotatable bonds is 3. The van der Waals surface area contributed by atoms with Crippen molar-refractivity contribution in [1.29, 1.82) is 0 Å². The summed E-state index contributed by atoms with van der Waals surface area (Å²) < 4.78 is 44.2. The maximum Gasteiger partial charge on any atom is 0.417 e. The minimum Gasteiger partial charge on any atom is -0.482 e. The van der Waals surface area contributed by atoms with Crippen LogP contribution in [0.5, 0.6) is 5.75 Å². The first-order valence-corrected chi connectivity index (χ1v) is 9.21. The van der Waals surface area contributed by atoms with Gasteiger partial charge in [0, 0.05) is 49.1 Å². The van der Waals surface area contributed by atoms with Crippen LogP contribution >= 0.6 is 0 Å². The Bertz CT molecular complexity index is 907. The number of piperidine rings is 1. The summed E-state index contributed by atoms with van der Waals surface area (Å²) in [6.45, 7) is 0.248. The van der Waals surface area contributed by atoms with Gasteiger partial charge in [-0.25, -0.2) is 0 Å². The van der Waals surface area contributed by atoms with E-state index < -0.39 is 11.8 Å². The summed E-state index contributed by atoms with van der Waals surface area (Å²) in [6, 6.07) is 12.7. The Morgan fingerprint density at radius 2 is 1.72 bits per heavy atom. The van der Waals surface area contributed by atoms with Crippen molar-refractivity contribution in [3.63, 3.8) is 0 Å². The van der Waals surface area contributed by atoms with Crippen LogP contribution in [0.1, 0.15) is 12.8 Å². The molecule has 0 unspecified atom stereocenters. The van der Waals surface area contributed by atoms with Crippen molar-refractivity contribution in [3.05, 3.63) is 42.5 Å². The molecule has 0 spiro atoms. The second-order valence-corrected chi connectivity index (χ2v) is 7.24. The number of anilines is 4. The number of hydrogen-bond acceptors (Lipinski definition) is 5. The first kappa shape index (κ1) is 19.4. The lowest BCUT2D eigenvalue weighted by molar-refractivity contribution is -0.266. The predicted octanol–water partition coefficient (Wildman–Crippen LogP) is 3.65. The first-order valence-electron chi connectivity index (χ1n) is 9.21. The van der Waals surface area contributed by atoms with Gasteiger partial charge in [0.25, 0.3) is 5.91 Å².